The van der Waals surface area contributed by atoms with Crippen LogP contribution < -0.4 is 10.2 Å². The lowest BCUT2D eigenvalue weighted by Crippen LogP contribution is -2.32. The average molecular weight is 252 g/mol. The van der Waals surface area contributed by atoms with E-state index in [1.807, 2.05) is 11.8 Å². The van der Waals surface area contributed by atoms with Gasteiger partial charge in [0.05, 0.1) is 0 Å². The van der Waals surface area contributed by atoms with Crippen LogP contribution in [0.2, 0.25) is 0 Å². The molecule has 0 aliphatic rings. The molecule has 1 aromatic carbocycles. The molecule has 1 aromatic rings. The summed E-state index contributed by atoms with van der Waals surface area (Å²) in [6.07, 6.45) is 0. The fourth-order valence-corrected chi connectivity index (χ4v) is 2.28. The van der Waals surface area contributed by atoms with Crippen LogP contribution in [0, 0.1) is 0 Å². The Morgan fingerprint density at radius 2 is 1.88 bits per heavy atom. The van der Waals surface area contributed by atoms with E-state index in [0.717, 1.165) is 18.8 Å². The summed E-state index contributed by atoms with van der Waals surface area (Å²) in [5.41, 5.74) is 1.29. The number of hydrogen-bond donors (Lipinski definition) is 1. The monoisotopic (exact) mass is 252 g/mol. The van der Waals surface area contributed by atoms with Gasteiger partial charge in [0, 0.05) is 36.8 Å². The second kappa shape index (κ2) is 7.62. The Morgan fingerprint density at radius 1 is 1.24 bits per heavy atom. The summed E-state index contributed by atoms with van der Waals surface area (Å²) in [4.78, 5) is 3.64. The van der Waals surface area contributed by atoms with Gasteiger partial charge in [0.1, 0.15) is 0 Å². The number of rotatable bonds is 7. The highest BCUT2D eigenvalue weighted by Crippen LogP contribution is 2.21. The van der Waals surface area contributed by atoms with E-state index in [4.69, 9.17) is 0 Å². The van der Waals surface area contributed by atoms with E-state index in [1.165, 1.54) is 10.6 Å². The number of likely N-dealkylation sites (N-methyl/N-ethyl adjacent to an activating group) is 1. The number of thioether (sulfide) groups is 1. The Kier molecular flexibility index (Phi) is 6.45. The number of hydrogen-bond acceptors (Lipinski definition) is 3. The van der Waals surface area contributed by atoms with Gasteiger partial charge < -0.3 is 10.2 Å². The van der Waals surface area contributed by atoms with Gasteiger partial charge in [-0.3, -0.25) is 0 Å². The Balaban J connectivity index is 2.43. The first-order valence-corrected chi connectivity index (χ1v) is 7.29. The Labute approximate surface area is 110 Å². The van der Waals surface area contributed by atoms with Crippen molar-refractivity contribution in [1.29, 1.82) is 0 Å². The SMILES string of the molecule is CCSc1ccc(N(C)CCNC(C)C)cc1. The van der Waals surface area contributed by atoms with Crippen LogP contribution in [0.5, 0.6) is 0 Å². The Bertz CT molecular complexity index is 309. The summed E-state index contributed by atoms with van der Waals surface area (Å²) in [6, 6.07) is 9.37. The molecule has 0 bridgehead atoms. The van der Waals surface area contributed by atoms with Crippen molar-refractivity contribution in [1.82, 2.24) is 5.32 Å². The molecule has 0 saturated carbocycles. The molecular formula is C14H24N2S. The van der Waals surface area contributed by atoms with Gasteiger partial charge in [-0.15, -0.1) is 11.8 Å². The number of anilines is 1. The number of nitrogens with one attached hydrogen (secondary N) is 1. The van der Waals surface area contributed by atoms with Crippen LogP contribution >= 0.6 is 11.8 Å². The summed E-state index contributed by atoms with van der Waals surface area (Å²) in [7, 11) is 2.14. The molecule has 0 fully saturated rings. The van der Waals surface area contributed by atoms with E-state index >= 15 is 0 Å². The number of benzene rings is 1. The molecule has 0 heterocycles. The van der Waals surface area contributed by atoms with Gasteiger partial charge in [0.25, 0.3) is 0 Å². The van der Waals surface area contributed by atoms with Gasteiger partial charge in [-0.05, 0) is 30.0 Å². The standard InChI is InChI=1S/C14H24N2S/c1-5-17-14-8-6-13(7-9-14)16(4)11-10-15-12(2)3/h6-9,12,15H,5,10-11H2,1-4H3. The van der Waals surface area contributed by atoms with Crippen molar-refractivity contribution in [3.05, 3.63) is 24.3 Å². The molecule has 0 saturated heterocycles. The molecule has 0 amide bonds. The maximum atomic E-state index is 3.43. The van der Waals surface area contributed by atoms with Crippen molar-refractivity contribution < 1.29 is 0 Å². The quantitative estimate of drug-likeness (QED) is 0.750. The number of nitrogens with zero attached hydrogens (tertiary/aromatic N) is 1. The molecule has 96 valence electrons. The molecule has 0 aliphatic heterocycles. The minimum Gasteiger partial charge on any atom is -0.373 e. The fraction of sp³-hybridized carbons (Fsp3) is 0.571. The van der Waals surface area contributed by atoms with Gasteiger partial charge >= 0.3 is 0 Å². The molecule has 17 heavy (non-hydrogen) atoms. The van der Waals surface area contributed by atoms with Crippen molar-refractivity contribution in [3.8, 4) is 0 Å². The van der Waals surface area contributed by atoms with Crippen LogP contribution in [0.15, 0.2) is 29.2 Å². The third kappa shape index (κ3) is 5.46. The van der Waals surface area contributed by atoms with Crippen molar-refractivity contribution >= 4 is 17.4 Å². The van der Waals surface area contributed by atoms with Gasteiger partial charge in [-0.1, -0.05) is 20.8 Å². The van der Waals surface area contributed by atoms with Crippen LogP contribution in [0.1, 0.15) is 20.8 Å². The van der Waals surface area contributed by atoms with Crippen molar-refractivity contribution in [2.75, 3.05) is 30.8 Å². The van der Waals surface area contributed by atoms with Gasteiger partial charge in [0.15, 0.2) is 0 Å². The van der Waals surface area contributed by atoms with E-state index in [2.05, 4.69) is 62.3 Å². The summed E-state index contributed by atoms with van der Waals surface area (Å²) in [5.74, 6) is 1.13. The molecule has 0 unspecified atom stereocenters. The lowest BCUT2D eigenvalue weighted by Gasteiger charge is -2.20. The molecule has 0 spiro atoms. The Morgan fingerprint density at radius 3 is 2.41 bits per heavy atom. The zero-order chi connectivity index (χ0) is 12.7. The summed E-state index contributed by atoms with van der Waals surface area (Å²) < 4.78 is 0. The lowest BCUT2D eigenvalue weighted by molar-refractivity contribution is 0.589. The zero-order valence-corrected chi connectivity index (χ0v) is 12.2. The molecule has 3 heteroatoms. The molecule has 0 aromatic heterocycles. The first-order valence-electron chi connectivity index (χ1n) is 6.31. The minimum absolute atomic E-state index is 0.562. The smallest absolute Gasteiger partial charge is 0.0364 e. The van der Waals surface area contributed by atoms with Crippen molar-refractivity contribution in [2.45, 2.75) is 31.7 Å². The van der Waals surface area contributed by atoms with E-state index in [1.54, 1.807) is 0 Å². The second-order valence-corrected chi connectivity index (χ2v) is 5.79. The van der Waals surface area contributed by atoms with E-state index < -0.39 is 0 Å². The predicted octanol–water partition coefficient (Wildman–Crippen LogP) is 3.23. The van der Waals surface area contributed by atoms with Gasteiger partial charge in [-0.2, -0.15) is 0 Å². The van der Waals surface area contributed by atoms with E-state index in [0.29, 0.717) is 6.04 Å². The molecule has 0 aliphatic carbocycles. The summed E-state index contributed by atoms with van der Waals surface area (Å²) in [6.45, 7) is 8.61. The normalized spacial score (nSPS) is 10.9. The van der Waals surface area contributed by atoms with Crippen LogP contribution in [0.3, 0.4) is 0 Å². The fourth-order valence-electron chi connectivity index (χ4n) is 1.61. The van der Waals surface area contributed by atoms with Crippen molar-refractivity contribution in [2.24, 2.45) is 0 Å². The Hall–Kier alpha value is -0.670. The van der Waals surface area contributed by atoms with Crippen LogP contribution in [0.25, 0.3) is 0 Å². The highest BCUT2D eigenvalue weighted by Gasteiger charge is 2.01. The maximum absolute atomic E-state index is 3.43. The minimum atomic E-state index is 0.562. The molecule has 1 N–H and O–H groups in total. The third-order valence-electron chi connectivity index (χ3n) is 2.59. The first kappa shape index (κ1) is 14.4. The van der Waals surface area contributed by atoms with Crippen LogP contribution in [-0.4, -0.2) is 31.9 Å². The molecule has 2 nitrogen and oxygen atoms in total. The molecule has 0 radical (unpaired) electrons. The summed E-state index contributed by atoms with van der Waals surface area (Å²) >= 11 is 1.89. The average Bonchev–Trinajstić information content (AvgIpc) is 2.30. The predicted molar refractivity (Wildman–Crippen MR) is 79.2 cm³/mol. The highest BCUT2D eigenvalue weighted by molar-refractivity contribution is 7.99. The zero-order valence-electron chi connectivity index (χ0n) is 11.4. The topological polar surface area (TPSA) is 15.3 Å². The molecular weight excluding hydrogens is 228 g/mol. The third-order valence-corrected chi connectivity index (χ3v) is 3.48. The van der Waals surface area contributed by atoms with Gasteiger partial charge in [0.2, 0.25) is 0 Å². The van der Waals surface area contributed by atoms with E-state index in [-0.39, 0.29) is 0 Å². The maximum Gasteiger partial charge on any atom is 0.0364 e. The van der Waals surface area contributed by atoms with Gasteiger partial charge in [-0.25, -0.2) is 0 Å². The molecule has 1 rings (SSSR count). The lowest BCUT2D eigenvalue weighted by atomic mass is 10.3. The highest BCUT2D eigenvalue weighted by atomic mass is 32.2. The molecule has 0 atom stereocenters. The summed E-state index contributed by atoms with van der Waals surface area (Å²) in [5, 5.41) is 3.43. The van der Waals surface area contributed by atoms with E-state index in [9.17, 15) is 0 Å². The largest absolute Gasteiger partial charge is 0.373 e. The second-order valence-electron chi connectivity index (χ2n) is 4.46. The first-order chi connectivity index (χ1) is 8.13. The van der Waals surface area contributed by atoms with Crippen molar-refractivity contribution in [3.63, 3.8) is 0 Å². The van der Waals surface area contributed by atoms with Crippen LogP contribution in [-0.2, 0) is 0 Å². The van der Waals surface area contributed by atoms with Crippen LogP contribution in [0.4, 0.5) is 5.69 Å².